The molecule has 1 aromatic carbocycles. The third kappa shape index (κ3) is 3.92. The van der Waals surface area contributed by atoms with Crippen molar-refractivity contribution in [3.05, 3.63) is 22.7 Å². The summed E-state index contributed by atoms with van der Waals surface area (Å²) >= 11 is 3.15. The van der Waals surface area contributed by atoms with Crippen molar-refractivity contribution in [1.82, 2.24) is 0 Å². The second kappa shape index (κ2) is 5.84. The normalized spacial score (nSPS) is 11.4. The minimum absolute atomic E-state index is 0.0149. The summed E-state index contributed by atoms with van der Waals surface area (Å²) in [6, 6.07) is 4.14. The van der Waals surface area contributed by atoms with Gasteiger partial charge in [-0.15, -0.1) is 0 Å². The second-order valence-electron chi connectivity index (χ2n) is 2.92. The average Bonchev–Trinajstić information content (AvgIpc) is 2.19. The first kappa shape index (κ1) is 13.7. The van der Waals surface area contributed by atoms with Crippen molar-refractivity contribution in [3.63, 3.8) is 0 Å². The molecule has 0 N–H and O–H groups in total. The Labute approximate surface area is 106 Å². The van der Waals surface area contributed by atoms with Crippen LogP contribution in [0.15, 0.2) is 27.6 Å². The fourth-order valence-electron chi connectivity index (χ4n) is 0.987. The highest BCUT2D eigenvalue weighted by Gasteiger charge is 2.12. The van der Waals surface area contributed by atoms with Crippen molar-refractivity contribution in [2.45, 2.75) is 11.3 Å². The van der Waals surface area contributed by atoms with Crippen molar-refractivity contribution < 1.29 is 17.5 Å². The highest BCUT2D eigenvalue weighted by Crippen LogP contribution is 2.29. The summed E-state index contributed by atoms with van der Waals surface area (Å²) in [6.07, 6.45) is 0.294. The molecule has 0 spiro atoms. The standard InChI is InChI=1S/C9H9BrClFO3S/c10-8-6-7(16(11,13)14)2-3-9(8)15-5-1-4-12/h2-3,6H,1,4-5H2. The van der Waals surface area contributed by atoms with Crippen LogP contribution in [0.5, 0.6) is 5.75 Å². The average molecular weight is 332 g/mol. The first-order valence-corrected chi connectivity index (χ1v) is 7.48. The van der Waals surface area contributed by atoms with Crippen LogP contribution in [0.4, 0.5) is 4.39 Å². The minimum atomic E-state index is -3.74. The molecule has 0 unspecified atom stereocenters. The van der Waals surface area contributed by atoms with E-state index in [1.54, 1.807) is 0 Å². The fourth-order valence-corrected chi connectivity index (χ4v) is 2.41. The fraction of sp³-hybridized carbons (Fsp3) is 0.333. The van der Waals surface area contributed by atoms with Crippen molar-refractivity contribution in [2.75, 3.05) is 13.3 Å². The van der Waals surface area contributed by atoms with Gasteiger partial charge in [0.05, 0.1) is 22.6 Å². The summed E-state index contributed by atoms with van der Waals surface area (Å²) in [5.74, 6) is 0.456. The summed E-state index contributed by atoms with van der Waals surface area (Å²) in [5.41, 5.74) is 0. The number of halogens is 3. The first-order valence-electron chi connectivity index (χ1n) is 4.38. The zero-order chi connectivity index (χ0) is 12.2. The first-order chi connectivity index (χ1) is 7.45. The Balaban J connectivity index is 2.84. The van der Waals surface area contributed by atoms with Crippen LogP contribution < -0.4 is 4.74 Å². The van der Waals surface area contributed by atoms with Crippen LogP contribution >= 0.6 is 26.6 Å². The number of alkyl halides is 1. The Morgan fingerprint density at radius 1 is 1.44 bits per heavy atom. The summed E-state index contributed by atoms with van der Waals surface area (Å²) < 4.78 is 39.5. The van der Waals surface area contributed by atoms with Gasteiger partial charge in [0, 0.05) is 17.1 Å². The van der Waals surface area contributed by atoms with Crippen LogP contribution in [-0.4, -0.2) is 21.7 Å². The quantitative estimate of drug-likeness (QED) is 0.615. The zero-order valence-electron chi connectivity index (χ0n) is 8.12. The molecule has 0 heterocycles. The van der Waals surface area contributed by atoms with Gasteiger partial charge in [-0.3, -0.25) is 4.39 Å². The molecule has 90 valence electrons. The molecule has 3 nitrogen and oxygen atoms in total. The Kier molecular flexibility index (Phi) is 5.01. The molecule has 7 heteroatoms. The molecule has 0 aromatic heterocycles. The molecule has 0 aliphatic rings. The Morgan fingerprint density at radius 2 is 2.12 bits per heavy atom. The lowest BCUT2D eigenvalue weighted by Gasteiger charge is -2.07. The van der Waals surface area contributed by atoms with Crippen LogP contribution in [0.3, 0.4) is 0 Å². The van der Waals surface area contributed by atoms with E-state index in [9.17, 15) is 12.8 Å². The predicted octanol–water partition coefficient (Wildman–Crippen LogP) is 3.12. The van der Waals surface area contributed by atoms with Gasteiger partial charge in [-0.05, 0) is 34.1 Å². The van der Waals surface area contributed by atoms with E-state index in [2.05, 4.69) is 15.9 Å². The number of ether oxygens (including phenoxy) is 1. The Morgan fingerprint density at radius 3 is 2.62 bits per heavy atom. The molecule has 0 amide bonds. The molecule has 0 atom stereocenters. The molecule has 1 aromatic rings. The number of benzene rings is 1. The van der Waals surface area contributed by atoms with E-state index < -0.39 is 15.7 Å². The molecule has 0 aliphatic carbocycles. The van der Waals surface area contributed by atoms with E-state index >= 15 is 0 Å². The zero-order valence-corrected chi connectivity index (χ0v) is 11.3. The predicted molar refractivity (Wildman–Crippen MR) is 63.3 cm³/mol. The summed E-state index contributed by atoms with van der Waals surface area (Å²) in [5, 5.41) is 0. The third-order valence-corrected chi connectivity index (χ3v) is 3.69. The second-order valence-corrected chi connectivity index (χ2v) is 6.34. The molecule has 0 radical (unpaired) electrons. The van der Waals surface area contributed by atoms with Gasteiger partial charge in [0.15, 0.2) is 0 Å². The molecular formula is C9H9BrClFO3S. The summed E-state index contributed by atoms with van der Waals surface area (Å²) in [6.45, 7) is -0.214. The molecule has 0 saturated heterocycles. The maximum atomic E-state index is 11.8. The highest BCUT2D eigenvalue weighted by molar-refractivity contribution is 9.10. The van der Waals surface area contributed by atoms with Crippen LogP contribution in [0.2, 0.25) is 0 Å². The lowest BCUT2D eigenvalue weighted by molar-refractivity contribution is 0.288. The van der Waals surface area contributed by atoms with Crippen molar-refractivity contribution in [2.24, 2.45) is 0 Å². The number of hydrogen-bond donors (Lipinski definition) is 0. The molecule has 1 rings (SSSR count). The van der Waals surface area contributed by atoms with E-state index in [4.69, 9.17) is 15.4 Å². The van der Waals surface area contributed by atoms with E-state index in [1.807, 2.05) is 0 Å². The monoisotopic (exact) mass is 330 g/mol. The molecular weight excluding hydrogens is 323 g/mol. The van der Waals surface area contributed by atoms with E-state index in [-0.39, 0.29) is 11.5 Å². The van der Waals surface area contributed by atoms with Gasteiger partial charge in [0.1, 0.15) is 5.75 Å². The molecule has 16 heavy (non-hydrogen) atoms. The number of hydrogen-bond acceptors (Lipinski definition) is 3. The largest absolute Gasteiger partial charge is 0.492 e. The van der Waals surface area contributed by atoms with Gasteiger partial charge < -0.3 is 4.74 Å². The lowest BCUT2D eigenvalue weighted by Crippen LogP contribution is -1.99. The van der Waals surface area contributed by atoms with Crippen molar-refractivity contribution >= 4 is 35.7 Å². The maximum absolute atomic E-state index is 11.8. The lowest BCUT2D eigenvalue weighted by atomic mass is 10.3. The summed E-state index contributed by atoms with van der Waals surface area (Å²) in [7, 11) is 1.43. The van der Waals surface area contributed by atoms with Crippen molar-refractivity contribution in [3.8, 4) is 5.75 Å². The van der Waals surface area contributed by atoms with Gasteiger partial charge in [0.25, 0.3) is 9.05 Å². The van der Waals surface area contributed by atoms with E-state index in [1.165, 1.54) is 18.2 Å². The van der Waals surface area contributed by atoms with Crippen molar-refractivity contribution in [1.29, 1.82) is 0 Å². The van der Waals surface area contributed by atoms with Gasteiger partial charge in [0.2, 0.25) is 0 Å². The van der Waals surface area contributed by atoms with Gasteiger partial charge in [-0.2, -0.15) is 0 Å². The SMILES string of the molecule is O=S(=O)(Cl)c1ccc(OCCCF)c(Br)c1. The Hall–Kier alpha value is -0.330. The van der Waals surface area contributed by atoms with E-state index in [0.717, 1.165) is 0 Å². The molecule has 0 bridgehead atoms. The van der Waals surface area contributed by atoms with Gasteiger partial charge >= 0.3 is 0 Å². The maximum Gasteiger partial charge on any atom is 0.261 e. The number of rotatable bonds is 5. The van der Waals surface area contributed by atoms with E-state index in [0.29, 0.717) is 16.6 Å². The van der Waals surface area contributed by atoms with Crippen LogP contribution in [0.1, 0.15) is 6.42 Å². The van der Waals surface area contributed by atoms with Gasteiger partial charge in [-0.1, -0.05) is 0 Å². The Bertz CT molecular complexity index is 464. The van der Waals surface area contributed by atoms with Crippen LogP contribution in [0.25, 0.3) is 0 Å². The topological polar surface area (TPSA) is 43.4 Å². The summed E-state index contributed by atoms with van der Waals surface area (Å²) in [4.78, 5) is -0.0149. The van der Waals surface area contributed by atoms with Gasteiger partial charge in [-0.25, -0.2) is 8.42 Å². The smallest absolute Gasteiger partial charge is 0.261 e. The van der Waals surface area contributed by atoms with Crippen LogP contribution in [0, 0.1) is 0 Å². The highest BCUT2D eigenvalue weighted by atomic mass is 79.9. The van der Waals surface area contributed by atoms with Crippen LogP contribution in [-0.2, 0) is 9.05 Å². The third-order valence-electron chi connectivity index (χ3n) is 1.72. The molecule has 0 fully saturated rings. The minimum Gasteiger partial charge on any atom is -0.492 e. The molecule has 0 aliphatic heterocycles. The molecule has 0 saturated carbocycles.